The predicted octanol–water partition coefficient (Wildman–Crippen LogP) is 1.87. The number of hydrogen-bond donors (Lipinski definition) is 1. The molecule has 0 aliphatic heterocycles. The fraction of sp³-hybridized carbons (Fsp3) is 0.273. The molecule has 0 fully saturated rings. The first-order valence-electron chi connectivity index (χ1n) is 5.49. The van der Waals surface area contributed by atoms with Crippen molar-refractivity contribution in [1.29, 1.82) is 0 Å². The number of hydrogen-bond acceptors (Lipinski definition) is 5. The van der Waals surface area contributed by atoms with Crippen molar-refractivity contribution in [2.24, 2.45) is 0 Å². The summed E-state index contributed by atoms with van der Waals surface area (Å²) in [6.07, 6.45) is 0. The topological polar surface area (TPSA) is 72.7 Å². The molecule has 0 aliphatic rings. The van der Waals surface area contributed by atoms with Crippen LogP contribution in [0.4, 0.5) is 4.79 Å². The van der Waals surface area contributed by atoms with Gasteiger partial charge in [0, 0.05) is 17.8 Å². The maximum absolute atomic E-state index is 11.6. The van der Waals surface area contributed by atoms with Crippen LogP contribution < -0.4 is 5.32 Å². The van der Waals surface area contributed by atoms with Crippen LogP contribution in [-0.2, 0) is 0 Å². The van der Waals surface area contributed by atoms with E-state index in [4.69, 9.17) is 0 Å². The highest BCUT2D eigenvalue weighted by atomic mass is 32.2. The van der Waals surface area contributed by atoms with E-state index in [0.717, 1.165) is 17.4 Å². The van der Waals surface area contributed by atoms with Crippen LogP contribution in [0.3, 0.4) is 0 Å². The van der Waals surface area contributed by atoms with Crippen LogP contribution in [0.25, 0.3) is 5.69 Å². The highest BCUT2D eigenvalue weighted by Gasteiger charge is 2.14. The molecule has 1 aromatic heterocycles. The quantitative estimate of drug-likeness (QED) is 0.856. The zero-order valence-corrected chi connectivity index (χ0v) is 10.9. The summed E-state index contributed by atoms with van der Waals surface area (Å²) in [5, 5.41) is 14.4. The molecule has 0 saturated carbocycles. The highest BCUT2D eigenvalue weighted by Crippen LogP contribution is 2.18. The number of aromatic nitrogens is 4. The van der Waals surface area contributed by atoms with Gasteiger partial charge in [0.2, 0.25) is 5.16 Å². The van der Waals surface area contributed by atoms with Crippen LogP contribution in [0, 0.1) is 0 Å². The summed E-state index contributed by atoms with van der Waals surface area (Å²) in [6, 6.07) is 9.53. The van der Waals surface area contributed by atoms with Crippen molar-refractivity contribution in [1.82, 2.24) is 25.5 Å². The largest absolute Gasteiger partial charge is 0.344 e. The third-order valence-electron chi connectivity index (χ3n) is 2.03. The normalized spacial score (nSPS) is 10.6. The minimum atomic E-state index is -0.169. The maximum Gasteiger partial charge on any atom is 0.287 e. The van der Waals surface area contributed by atoms with Gasteiger partial charge in [0.25, 0.3) is 5.24 Å². The van der Waals surface area contributed by atoms with Crippen molar-refractivity contribution in [2.75, 3.05) is 0 Å². The summed E-state index contributed by atoms with van der Waals surface area (Å²) in [5.41, 5.74) is 0.822. The lowest BCUT2D eigenvalue weighted by molar-refractivity contribution is 0.258. The molecule has 2 rings (SSSR count). The molecule has 0 radical (unpaired) electrons. The van der Waals surface area contributed by atoms with Crippen molar-refractivity contribution >= 4 is 17.0 Å². The number of benzene rings is 1. The Bertz CT molecular complexity index is 525. The lowest BCUT2D eigenvalue weighted by atomic mass is 10.3. The molecule has 0 saturated heterocycles. The lowest BCUT2D eigenvalue weighted by Crippen LogP contribution is -2.26. The Balaban J connectivity index is 2.16. The second kappa shape index (κ2) is 5.63. The summed E-state index contributed by atoms with van der Waals surface area (Å²) < 4.78 is 1.53. The van der Waals surface area contributed by atoms with Gasteiger partial charge in [0.15, 0.2) is 0 Å². The van der Waals surface area contributed by atoms with E-state index in [2.05, 4.69) is 20.8 Å². The Morgan fingerprint density at radius 2 is 2.06 bits per heavy atom. The Labute approximate surface area is 109 Å². The molecule has 1 N–H and O–H groups in total. The minimum Gasteiger partial charge on any atom is -0.344 e. The first-order chi connectivity index (χ1) is 8.66. The average molecular weight is 263 g/mol. The van der Waals surface area contributed by atoms with Crippen LogP contribution >= 0.6 is 11.8 Å². The van der Waals surface area contributed by atoms with Gasteiger partial charge < -0.3 is 5.32 Å². The molecule has 1 aromatic carbocycles. The number of carbonyl (C=O) groups excluding carboxylic acids is 1. The molecule has 94 valence electrons. The third kappa shape index (κ3) is 3.07. The number of nitrogens with zero attached hydrogens (tertiary/aromatic N) is 4. The monoisotopic (exact) mass is 263 g/mol. The molecule has 0 bridgehead atoms. The molecule has 0 atom stereocenters. The second-order valence-corrected chi connectivity index (χ2v) is 4.84. The lowest BCUT2D eigenvalue weighted by Gasteiger charge is -2.07. The van der Waals surface area contributed by atoms with Crippen molar-refractivity contribution < 1.29 is 4.79 Å². The summed E-state index contributed by atoms with van der Waals surface area (Å²) in [5.74, 6) is 0. The van der Waals surface area contributed by atoms with Gasteiger partial charge in [0.05, 0.1) is 5.69 Å². The Morgan fingerprint density at radius 1 is 1.33 bits per heavy atom. The van der Waals surface area contributed by atoms with E-state index in [1.165, 1.54) is 4.68 Å². The molecule has 0 aliphatic carbocycles. The molecular formula is C11H13N5OS. The fourth-order valence-electron chi connectivity index (χ4n) is 1.32. The van der Waals surface area contributed by atoms with Crippen LogP contribution in [0.15, 0.2) is 35.5 Å². The van der Waals surface area contributed by atoms with Gasteiger partial charge in [-0.2, -0.15) is 4.68 Å². The molecule has 18 heavy (non-hydrogen) atoms. The van der Waals surface area contributed by atoms with Crippen molar-refractivity contribution in [3.05, 3.63) is 30.3 Å². The molecular weight excluding hydrogens is 250 g/mol. The first kappa shape index (κ1) is 12.6. The van der Waals surface area contributed by atoms with Gasteiger partial charge in [-0.15, -0.1) is 5.10 Å². The molecule has 1 heterocycles. The van der Waals surface area contributed by atoms with Crippen LogP contribution in [0.5, 0.6) is 0 Å². The summed E-state index contributed by atoms with van der Waals surface area (Å²) >= 11 is 0.977. The number of rotatable bonds is 3. The number of thioether (sulfide) groups is 1. The van der Waals surface area contributed by atoms with Crippen molar-refractivity contribution in [3.8, 4) is 5.69 Å². The van der Waals surface area contributed by atoms with E-state index in [-0.39, 0.29) is 11.3 Å². The second-order valence-electron chi connectivity index (χ2n) is 3.90. The number of carbonyl (C=O) groups is 1. The van der Waals surface area contributed by atoms with E-state index in [1.807, 2.05) is 44.2 Å². The molecule has 1 amide bonds. The van der Waals surface area contributed by atoms with Gasteiger partial charge in [-0.25, -0.2) is 0 Å². The van der Waals surface area contributed by atoms with Crippen LogP contribution in [0.1, 0.15) is 13.8 Å². The zero-order valence-electron chi connectivity index (χ0n) is 10.1. The number of nitrogens with one attached hydrogen (secondary N) is 1. The van der Waals surface area contributed by atoms with E-state index in [9.17, 15) is 4.79 Å². The van der Waals surface area contributed by atoms with Crippen LogP contribution in [-0.4, -0.2) is 31.5 Å². The van der Waals surface area contributed by atoms with E-state index < -0.39 is 0 Å². The van der Waals surface area contributed by atoms with E-state index >= 15 is 0 Å². The zero-order chi connectivity index (χ0) is 13.0. The molecule has 0 spiro atoms. The molecule has 0 unspecified atom stereocenters. The van der Waals surface area contributed by atoms with Crippen LogP contribution in [0.2, 0.25) is 0 Å². The molecule has 2 aromatic rings. The highest BCUT2D eigenvalue weighted by molar-refractivity contribution is 8.13. The number of tetrazole rings is 1. The Hall–Kier alpha value is -1.89. The Morgan fingerprint density at radius 3 is 2.72 bits per heavy atom. The van der Waals surface area contributed by atoms with Crippen molar-refractivity contribution in [2.45, 2.75) is 25.0 Å². The summed E-state index contributed by atoms with van der Waals surface area (Å²) in [4.78, 5) is 11.6. The van der Waals surface area contributed by atoms with Gasteiger partial charge in [-0.05, 0) is 36.4 Å². The SMILES string of the molecule is CC(C)NC(=O)Sc1nnnn1-c1ccccc1. The van der Waals surface area contributed by atoms with Gasteiger partial charge in [-0.3, -0.25) is 4.79 Å². The fourth-order valence-corrected chi connectivity index (χ4v) is 2.09. The molecule has 6 nitrogen and oxygen atoms in total. The standard InChI is InChI=1S/C11H13N5OS/c1-8(2)12-11(17)18-10-13-14-15-16(10)9-6-4-3-5-7-9/h3-8H,1-2H3,(H,12,17). The Kier molecular flexibility index (Phi) is 3.93. The predicted molar refractivity (Wildman–Crippen MR) is 68.7 cm³/mol. The average Bonchev–Trinajstić information content (AvgIpc) is 2.77. The smallest absolute Gasteiger partial charge is 0.287 e. The summed E-state index contributed by atoms with van der Waals surface area (Å²) in [7, 11) is 0. The summed E-state index contributed by atoms with van der Waals surface area (Å²) in [6.45, 7) is 3.80. The van der Waals surface area contributed by atoms with Crippen molar-refractivity contribution in [3.63, 3.8) is 0 Å². The number of para-hydroxylation sites is 1. The van der Waals surface area contributed by atoms with Gasteiger partial charge in [0.1, 0.15) is 0 Å². The maximum atomic E-state index is 11.6. The minimum absolute atomic E-state index is 0.0889. The number of amides is 1. The van der Waals surface area contributed by atoms with Gasteiger partial charge in [-0.1, -0.05) is 18.2 Å². The third-order valence-corrected chi connectivity index (χ3v) is 2.77. The molecule has 7 heteroatoms. The first-order valence-corrected chi connectivity index (χ1v) is 6.30. The van der Waals surface area contributed by atoms with E-state index in [1.54, 1.807) is 0 Å². The van der Waals surface area contributed by atoms with E-state index in [0.29, 0.717) is 5.16 Å². The van der Waals surface area contributed by atoms with Gasteiger partial charge >= 0.3 is 0 Å².